The summed E-state index contributed by atoms with van der Waals surface area (Å²) in [6.45, 7) is 0. The van der Waals surface area contributed by atoms with Crippen molar-refractivity contribution in [2.24, 2.45) is 0 Å². The average Bonchev–Trinajstić information content (AvgIpc) is 2.89. The maximum Gasteiger partial charge on any atom is 0.129 e. The van der Waals surface area contributed by atoms with Crippen LogP contribution in [0, 0.1) is 11.3 Å². The summed E-state index contributed by atoms with van der Waals surface area (Å²) < 4.78 is 5.54. The molecule has 0 aliphatic rings. The van der Waals surface area contributed by atoms with Crippen LogP contribution >= 0.6 is 0 Å². The number of benzene rings is 2. The summed E-state index contributed by atoms with van der Waals surface area (Å²) in [5, 5.41) is 29.8. The van der Waals surface area contributed by atoms with Crippen LogP contribution in [0.25, 0.3) is 10.8 Å². The number of hydrogen-bond acceptors (Lipinski definition) is 4. The maximum absolute atomic E-state index is 9.47. The van der Waals surface area contributed by atoms with E-state index in [-0.39, 0.29) is 11.5 Å². The van der Waals surface area contributed by atoms with Gasteiger partial charge in [0.15, 0.2) is 0 Å². The molecule has 21 heavy (non-hydrogen) atoms. The fourth-order valence-electron chi connectivity index (χ4n) is 2.40. The molecule has 0 aliphatic heterocycles. The summed E-state index contributed by atoms with van der Waals surface area (Å²) in [5.74, 6) is 0.547. The van der Waals surface area contributed by atoms with Gasteiger partial charge in [0.25, 0.3) is 0 Å². The number of nitrogens with zero attached hydrogens (tertiary/aromatic N) is 1. The Hall–Kier alpha value is -2.93. The second kappa shape index (κ2) is 5.22. The third-order valence-corrected chi connectivity index (χ3v) is 3.46. The van der Waals surface area contributed by atoms with Gasteiger partial charge in [0.05, 0.1) is 12.3 Å². The van der Waals surface area contributed by atoms with E-state index in [1.807, 2.05) is 0 Å². The number of aromatic hydroxyl groups is 2. The van der Waals surface area contributed by atoms with Crippen molar-refractivity contribution in [1.82, 2.24) is 0 Å². The predicted octanol–water partition coefficient (Wildman–Crippen LogP) is 3.69. The third-order valence-electron chi connectivity index (χ3n) is 3.46. The molecule has 1 heterocycles. The van der Waals surface area contributed by atoms with Crippen LogP contribution in [-0.4, -0.2) is 10.2 Å². The fraction of sp³-hybridized carbons (Fsp3) is 0.118. The summed E-state index contributed by atoms with van der Waals surface area (Å²) in [4.78, 5) is 0. The minimum atomic E-state index is -0.420. The van der Waals surface area contributed by atoms with Crippen molar-refractivity contribution in [3.8, 4) is 17.6 Å². The molecule has 0 radical (unpaired) electrons. The van der Waals surface area contributed by atoms with Gasteiger partial charge in [0.2, 0.25) is 0 Å². The molecule has 2 aromatic carbocycles. The van der Waals surface area contributed by atoms with Crippen molar-refractivity contribution in [2.45, 2.75) is 12.3 Å². The lowest BCUT2D eigenvalue weighted by atomic mass is 9.96. The molecular weight excluding hydrogens is 266 g/mol. The Balaban J connectivity index is 1.95. The van der Waals surface area contributed by atoms with Crippen molar-refractivity contribution >= 4 is 10.8 Å². The van der Waals surface area contributed by atoms with Crippen LogP contribution in [0.5, 0.6) is 11.5 Å². The van der Waals surface area contributed by atoms with Gasteiger partial charge in [0.1, 0.15) is 23.2 Å². The molecule has 1 aromatic heterocycles. The van der Waals surface area contributed by atoms with Gasteiger partial charge in [-0.3, -0.25) is 0 Å². The van der Waals surface area contributed by atoms with E-state index < -0.39 is 5.92 Å². The first-order chi connectivity index (χ1) is 10.2. The molecule has 0 spiro atoms. The molecule has 3 rings (SSSR count). The van der Waals surface area contributed by atoms with E-state index in [9.17, 15) is 15.5 Å². The Kier molecular flexibility index (Phi) is 3.25. The van der Waals surface area contributed by atoms with Gasteiger partial charge in [-0.2, -0.15) is 5.26 Å². The summed E-state index contributed by atoms with van der Waals surface area (Å²) in [6, 6.07) is 14.0. The minimum absolute atomic E-state index is 0.168. The molecule has 0 saturated heterocycles. The molecular formula is C17H13NO3. The molecule has 4 heteroatoms. The van der Waals surface area contributed by atoms with E-state index >= 15 is 0 Å². The van der Waals surface area contributed by atoms with Crippen molar-refractivity contribution in [3.05, 3.63) is 60.1 Å². The number of nitriles is 1. The second-order valence-corrected chi connectivity index (χ2v) is 4.92. The van der Waals surface area contributed by atoms with Gasteiger partial charge in [-0.15, -0.1) is 0 Å². The van der Waals surface area contributed by atoms with Crippen molar-refractivity contribution in [1.29, 1.82) is 5.26 Å². The van der Waals surface area contributed by atoms with Crippen LogP contribution in [0.2, 0.25) is 0 Å². The first kappa shape index (κ1) is 13.1. The number of rotatable bonds is 3. The topological polar surface area (TPSA) is 77.4 Å². The molecule has 0 saturated carbocycles. The van der Waals surface area contributed by atoms with Crippen LogP contribution in [0.15, 0.2) is 53.1 Å². The molecule has 0 aliphatic carbocycles. The standard InChI is InChI=1S/C17H13NO3/c18-9-12(7-11-1-3-14(19)4-2-11)17-16-6-5-15(20)8-13(16)10-21-17/h1-6,8,10,12,19-20H,7H2. The fourth-order valence-corrected chi connectivity index (χ4v) is 2.40. The number of fused-ring (bicyclic) bond motifs is 1. The highest BCUT2D eigenvalue weighted by molar-refractivity contribution is 5.86. The van der Waals surface area contributed by atoms with Crippen LogP contribution in [-0.2, 0) is 6.42 Å². The maximum atomic E-state index is 9.47. The predicted molar refractivity (Wildman–Crippen MR) is 78.0 cm³/mol. The Bertz CT molecular complexity index is 812. The van der Waals surface area contributed by atoms with Gasteiger partial charge in [-0.05, 0) is 42.3 Å². The molecule has 0 amide bonds. The van der Waals surface area contributed by atoms with Crippen molar-refractivity contribution in [3.63, 3.8) is 0 Å². The second-order valence-electron chi connectivity index (χ2n) is 4.92. The molecule has 104 valence electrons. The van der Waals surface area contributed by atoms with Crippen LogP contribution in [0.1, 0.15) is 17.2 Å². The SMILES string of the molecule is N#CC(Cc1ccc(O)cc1)c1occ2cc(O)ccc12. The Morgan fingerprint density at radius 2 is 1.76 bits per heavy atom. The third kappa shape index (κ3) is 2.54. The van der Waals surface area contributed by atoms with Gasteiger partial charge < -0.3 is 14.6 Å². The first-order valence-corrected chi connectivity index (χ1v) is 6.55. The zero-order valence-corrected chi connectivity index (χ0v) is 11.2. The van der Waals surface area contributed by atoms with E-state index in [1.165, 1.54) is 0 Å². The van der Waals surface area contributed by atoms with E-state index in [2.05, 4.69) is 6.07 Å². The molecule has 3 aromatic rings. The average molecular weight is 279 g/mol. The lowest BCUT2D eigenvalue weighted by molar-refractivity contribution is 0.474. The Morgan fingerprint density at radius 1 is 1.05 bits per heavy atom. The number of phenolic OH excluding ortho intramolecular Hbond substituents is 2. The van der Waals surface area contributed by atoms with Gasteiger partial charge in [0, 0.05) is 10.8 Å². The van der Waals surface area contributed by atoms with Gasteiger partial charge in [-0.25, -0.2) is 0 Å². The number of phenols is 2. The molecule has 1 unspecified atom stereocenters. The van der Waals surface area contributed by atoms with Crippen molar-refractivity contribution in [2.75, 3.05) is 0 Å². The van der Waals surface area contributed by atoms with Gasteiger partial charge in [-0.1, -0.05) is 12.1 Å². The highest BCUT2D eigenvalue weighted by atomic mass is 16.3. The van der Waals surface area contributed by atoms with Crippen LogP contribution in [0.3, 0.4) is 0 Å². The van der Waals surface area contributed by atoms with E-state index in [1.54, 1.807) is 48.7 Å². The summed E-state index contributed by atoms with van der Waals surface area (Å²) in [6.07, 6.45) is 2.05. The smallest absolute Gasteiger partial charge is 0.129 e. The first-order valence-electron chi connectivity index (χ1n) is 6.55. The zero-order valence-electron chi connectivity index (χ0n) is 11.2. The molecule has 2 N–H and O–H groups in total. The molecule has 4 nitrogen and oxygen atoms in total. The number of hydrogen-bond donors (Lipinski definition) is 2. The molecule has 0 bridgehead atoms. The summed E-state index contributed by atoms with van der Waals surface area (Å²) in [5.41, 5.74) is 0.947. The summed E-state index contributed by atoms with van der Waals surface area (Å²) >= 11 is 0. The zero-order chi connectivity index (χ0) is 14.8. The van der Waals surface area contributed by atoms with E-state index in [0.29, 0.717) is 12.2 Å². The quantitative estimate of drug-likeness (QED) is 0.766. The van der Waals surface area contributed by atoms with Crippen LogP contribution < -0.4 is 0 Å². The van der Waals surface area contributed by atoms with E-state index in [4.69, 9.17) is 4.42 Å². The summed E-state index contributed by atoms with van der Waals surface area (Å²) in [7, 11) is 0. The molecule has 1 atom stereocenters. The largest absolute Gasteiger partial charge is 0.508 e. The lowest BCUT2D eigenvalue weighted by Gasteiger charge is -2.07. The Morgan fingerprint density at radius 3 is 2.48 bits per heavy atom. The lowest BCUT2D eigenvalue weighted by Crippen LogP contribution is -1.99. The molecule has 0 fully saturated rings. The normalized spacial score (nSPS) is 12.1. The monoisotopic (exact) mass is 279 g/mol. The van der Waals surface area contributed by atoms with Crippen molar-refractivity contribution < 1.29 is 14.6 Å². The van der Waals surface area contributed by atoms with E-state index in [0.717, 1.165) is 16.3 Å². The highest BCUT2D eigenvalue weighted by Gasteiger charge is 2.19. The Labute approximate surface area is 121 Å². The highest BCUT2D eigenvalue weighted by Crippen LogP contribution is 2.31. The van der Waals surface area contributed by atoms with Gasteiger partial charge >= 0.3 is 0 Å². The number of furan rings is 1. The minimum Gasteiger partial charge on any atom is -0.508 e. The van der Waals surface area contributed by atoms with Crippen LogP contribution in [0.4, 0.5) is 0 Å².